The van der Waals surface area contributed by atoms with E-state index in [0.717, 1.165) is 11.3 Å². The molecule has 0 saturated carbocycles. The van der Waals surface area contributed by atoms with Gasteiger partial charge in [0.2, 0.25) is 0 Å². The number of para-hydroxylation sites is 1. The molecule has 2 aromatic rings. The highest BCUT2D eigenvalue weighted by atomic mass is 16.5. The Bertz CT molecular complexity index is 802. The van der Waals surface area contributed by atoms with Crippen molar-refractivity contribution in [3.63, 3.8) is 0 Å². The number of amides is 2. The summed E-state index contributed by atoms with van der Waals surface area (Å²) in [5.74, 6) is -0.0361. The third kappa shape index (κ3) is 3.47. The average Bonchev–Trinajstić information content (AvgIpc) is 2.63. The lowest BCUT2D eigenvalue weighted by Crippen LogP contribution is -2.42. The zero-order valence-electron chi connectivity index (χ0n) is 13.6. The first-order chi connectivity index (χ1) is 12.1. The van der Waals surface area contributed by atoms with Crippen LogP contribution in [0.1, 0.15) is 22.1 Å². The molecule has 0 bridgehead atoms. The number of carbonyl (C=O) groups is 2. The standard InChI is InChI=1S/C19H19N3O3/c1-2-11-22-18(21-16-6-4-3-5-15(16)19(22)24)13-7-9-14(10-8-13)25-12-17(20)23/h2-10,18,21H,1,11-12H2,(H2,20,23)/t18-/m0/s1. The van der Waals surface area contributed by atoms with Crippen molar-refractivity contribution in [3.05, 3.63) is 72.3 Å². The molecule has 2 aromatic carbocycles. The fraction of sp³-hybridized carbons (Fsp3) is 0.158. The molecule has 0 saturated heterocycles. The zero-order chi connectivity index (χ0) is 17.8. The molecular weight excluding hydrogens is 318 g/mol. The van der Waals surface area contributed by atoms with Crippen molar-refractivity contribution < 1.29 is 14.3 Å². The Balaban J connectivity index is 1.88. The number of nitrogens with two attached hydrogens (primary N) is 1. The number of nitrogens with one attached hydrogen (secondary N) is 1. The van der Waals surface area contributed by atoms with Crippen molar-refractivity contribution in [2.24, 2.45) is 5.73 Å². The summed E-state index contributed by atoms with van der Waals surface area (Å²) in [5.41, 5.74) is 7.41. The molecule has 0 fully saturated rings. The van der Waals surface area contributed by atoms with Crippen LogP contribution in [0, 0.1) is 0 Å². The first-order valence-electron chi connectivity index (χ1n) is 7.88. The SMILES string of the molecule is C=CCN1C(=O)c2ccccc2N[C@@H]1c1ccc(OCC(N)=O)cc1. The van der Waals surface area contributed by atoms with Crippen molar-refractivity contribution in [2.45, 2.75) is 6.17 Å². The Kier molecular flexibility index (Phi) is 4.70. The average molecular weight is 337 g/mol. The number of carbonyl (C=O) groups excluding carboxylic acids is 2. The molecule has 6 nitrogen and oxygen atoms in total. The maximum atomic E-state index is 12.8. The number of fused-ring (bicyclic) bond motifs is 1. The molecule has 1 heterocycles. The fourth-order valence-electron chi connectivity index (χ4n) is 2.78. The minimum absolute atomic E-state index is 0.0479. The van der Waals surface area contributed by atoms with E-state index in [1.807, 2.05) is 30.3 Å². The van der Waals surface area contributed by atoms with E-state index in [4.69, 9.17) is 10.5 Å². The largest absolute Gasteiger partial charge is 0.484 e. The van der Waals surface area contributed by atoms with Crippen molar-refractivity contribution in [1.29, 1.82) is 0 Å². The number of rotatable bonds is 6. The summed E-state index contributed by atoms with van der Waals surface area (Å²) in [5, 5.41) is 3.39. The Hall–Kier alpha value is -3.28. The quantitative estimate of drug-likeness (QED) is 0.792. The van der Waals surface area contributed by atoms with Crippen LogP contribution in [-0.4, -0.2) is 29.9 Å². The van der Waals surface area contributed by atoms with Crippen LogP contribution in [-0.2, 0) is 4.79 Å². The molecule has 3 rings (SSSR count). The van der Waals surface area contributed by atoms with Crippen LogP contribution in [0.25, 0.3) is 0 Å². The Labute approximate surface area is 145 Å². The molecule has 25 heavy (non-hydrogen) atoms. The number of ether oxygens (including phenoxy) is 1. The van der Waals surface area contributed by atoms with Gasteiger partial charge >= 0.3 is 0 Å². The molecule has 0 aliphatic carbocycles. The second-order valence-electron chi connectivity index (χ2n) is 5.66. The van der Waals surface area contributed by atoms with E-state index < -0.39 is 5.91 Å². The fourth-order valence-corrected chi connectivity index (χ4v) is 2.78. The third-order valence-electron chi connectivity index (χ3n) is 3.92. The maximum absolute atomic E-state index is 12.8. The first-order valence-corrected chi connectivity index (χ1v) is 7.88. The number of anilines is 1. The van der Waals surface area contributed by atoms with E-state index in [2.05, 4.69) is 11.9 Å². The van der Waals surface area contributed by atoms with Gasteiger partial charge in [0, 0.05) is 12.2 Å². The summed E-state index contributed by atoms with van der Waals surface area (Å²) < 4.78 is 5.27. The topological polar surface area (TPSA) is 84.7 Å². The Morgan fingerprint density at radius 3 is 2.64 bits per heavy atom. The molecular formula is C19H19N3O3. The van der Waals surface area contributed by atoms with Crippen molar-refractivity contribution in [2.75, 3.05) is 18.5 Å². The van der Waals surface area contributed by atoms with Crippen LogP contribution in [0.15, 0.2) is 61.2 Å². The summed E-state index contributed by atoms with van der Waals surface area (Å²) in [7, 11) is 0. The van der Waals surface area contributed by atoms with Gasteiger partial charge in [0.05, 0.1) is 5.56 Å². The lowest BCUT2D eigenvalue weighted by atomic mass is 10.0. The molecule has 1 aliphatic rings. The maximum Gasteiger partial charge on any atom is 0.258 e. The Morgan fingerprint density at radius 2 is 1.96 bits per heavy atom. The summed E-state index contributed by atoms with van der Waals surface area (Å²) in [6, 6.07) is 14.6. The minimum Gasteiger partial charge on any atom is -0.484 e. The van der Waals surface area contributed by atoms with Gasteiger partial charge in [0.15, 0.2) is 6.61 Å². The molecule has 1 atom stereocenters. The van der Waals surface area contributed by atoms with Crippen LogP contribution >= 0.6 is 0 Å². The smallest absolute Gasteiger partial charge is 0.258 e. The van der Waals surface area contributed by atoms with Gasteiger partial charge in [-0.1, -0.05) is 30.3 Å². The normalized spacial score (nSPS) is 15.9. The molecule has 0 unspecified atom stereocenters. The molecule has 6 heteroatoms. The van der Waals surface area contributed by atoms with Gasteiger partial charge in [-0.3, -0.25) is 9.59 Å². The number of hydrogen-bond acceptors (Lipinski definition) is 4. The van der Waals surface area contributed by atoms with Gasteiger partial charge in [-0.15, -0.1) is 6.58 Å². The van der Waals surface area contributed by atoms with Crippen LogP contribution in [0.5, 0.6) is 5.75 Å². The number of benzene rings is 2. The molecule has 1 aliphatic heterocycles. The van der Waals surface area contributed by atoms with E-state index in [9.17, 15) is 9.59 Å². The van der Waals surface area contributed by atoms with Crippen molar-refractivity contribution >= 4 is 17.5 Å². The molecule has 0 radical (unpaired) electrons. The molecule has 0 spiro atoms. The second kappa shape index (κ2) is 7.09. The van der Waals surface area contributed by atoms with Gasteiger partial charge in [0.25, 0.3) is 11.8 Å². The second-order valence-corrected chi connectivity index (χ2v) is 5.66. The van der Waals surface area contributed by atoms with Gasteiger partial charge in [-0.05, 0) is 29.8 Å². The summed E-state index contributed by atoms with van der Waals surface area (Å²) in [6.07, 6.45) is 1.38. The van der Waals surface area contributed by atoms with E-state index >= 15 is 0 Å². The zero-order valence-corrected chi connectivity index (χ0v) is 13.6. The highest BCUT2D eigenvalue weighted by molar-refractivity contribution is 6.01. The van der Waals surface area contributed by atoms with E-state index in [1.165, 1.54) is 0 Å². The first kappa shape index (κ1) is 16.6. The summed E-state index contributed by atoms with van der Waals surface area (Å²) >= 11 is 0. The van der Waals surface area contributed by atoms with Crippen molar-refractivity contribution in [3.8, 4) is 5.75 Å². The van der Waals surface area contributed by atoms with E-state index in [-0.39, 0.29) is 18.7 Å². The molecule has 128 valence electrons. The van der Waals surface area contributed by atoms with Crippen molar-refractivity contribution in [1.82, 2.24) is 4.90 Å². The lowest BCUT2D eigenvalue weighted by molar-refractivity contribution is -0.119. The van der Waals surface area contributed by atoms with Crippen LogP contribution < -0.4 is 15.8 Å². The molecule has 3 N–H and O–H groups in total. The number of nitrogens with zero attached hydrogens (tertiary/aromatic N) is 1. The van der Waals surface area contributed by atoms with E-state index in [1.54, 1.807) is 29.2 Å². The third-order valence-corrected chi connectivity index (χ3v) is 3.92. The predicted molar refractivity (Wildman–Crippen MR) is 95.2 cm³/mol. The summed E-state index contributed by atoms with van der Waals surface area (Å²) in [4.78, 5) is 25.3. The van der Waals surface area contributed by atoms with Crippen LogP contribution in [0.3, 0.4) is 0 Å². The highest BCUT2D eigenvalue weighted by Gasteiger charge is 2.31. The molecule has 2 amide bonds. The Morgan fingerprint density at radius 1 is 1.24 bits per heavy atom. The predicted octanol–water partition coefficient (Wildman–Crippen LogP) is 2.30. The number of hydrogen-bond donors (Lipinski definition) is 2. The van der Waals surface area contributed by atoms with Gasteiger partial charge in [-0.25, -0.2) is 0 Å². The highest BCUT2D eigenvalue weighted by Crippen LogP contribution is 2.33. The van der Waals surface area contributed by atoms with Gasteiger partial charge < -0.3 is 20.7 Å². The molecule has 0 aromatic heterocycles. The van der Waals surface area contributed by atoms with E-state index in [0.29, 0.717) is 17.9 Å². The van der Waals surface area contributed by atoms with Gasteiger partial charge in [0.1, 0.15) is 11.9 Å². The monoisotopic (exact) mass is 337 g/mol. The minimum atomic E-state index is -0.530. The summed E-state index contributed by atoms with van der Waals surface area (Å²) in [6.45, 7) is 3.99. The van der Waals surface area contributed by atoms with Gasteiger partial charge in [-0.2, -0.15) is 0 Å². The lowest BCUT2D eigenvalue weighted by Gasteiger charge is -2.37. The number of primary amides is 1. The van der Waals surface area contributed by atoms with Crippen LogP contribution in [0.2, 0.25) is 0 Å². The van der Waals surface area contributed by atoms with Crippen LogP contribution in [0.4, 0.5) is 5.69 Å².